The van der Waals surface area contributed by atoms with Gasteiger partial charge in [0.2, 0.25) is 5.96 Å². The number of methoxy groups -OCH3 is 2. The van der Waals surface area contributed by atoms with Crippen molar-refractivity contribution in [3.8, 4) is 6.07 Å². The van der Waals surface area contributed by atoms with Crippen molar-refractivity contribution in [1.82, 2.24) is 4.90 Å². The summed E-state index contributed by atoms with van der Waals surface area (Å²) >= 11 is 1.29. The molecule has 0 atom stereocenters. The van der Waals surface area contributed by atoms with Crippen LogP contribution >= 0.6 is 11.8 Å². The van der Waals surface area contributed by atoms with Crippen LogP contribution in [0.25, 0.3) is 0 Å². The summed E-state index contributed by atoms with van der Waals surface area (Å²) < 4.78 is 9.53. The van der Waals surface area contributed by atoms with Crippen LogP contribution in [0.4, 0.5) is 0 Å². The van der Waals surface area contributed by atoms with E-state index in [0.29, 0.717) is 22.0 Å². The van der Waals surface area contributed by atoms with Crippen molar-refractivity contribution in [2.75, 3.05) is 20.5 Å². The number of nitriles is 1. The summed E-state index contributed by atoms with van der Waals surface area (Å²) in [6, 6.07) is 2.13. The quantitative estimate of drug-likeness (QED) is 0.686. The molecule has 8 nitrogen and oxygen atoms in total. The number of thioether (sulfide) groups is 1. The largest absolute Gasteiger partial charge is 0.465 e. The van der Waals surface area contributed by atoms with Gasteiger partial charge in [0, 0.05) is 0 Å². The predicted molar refractivity (Wildman–Crippen MR) is 91.1 cm³/mol. The number of hydrogen-bond donors (Lipinski definition) is 0. The SMILES string of the molecule is COC(=O)C1=C(C(=O)OC)C2=CC=CC3=C(C#N)C(SC)=NC(=N1)N23. The van der Waals surface area contributed by atoms with Gasteiger partial charge < -0.3 is 9.47 Å². The maximum Gasteiger partial charge on any atom is 0.357 e. The van der Waals surface area contributed by atoms with Crippen molar-refractivity contribution in [2.24, 2.45) is 9.98 Å². The fourth-order valence-electron chi connectivity index (χ4n) is 2.57. The van der Waals surface area contributed by atoms with E-state index in [1.54, 1.807) is 29.4 Å². The van der Waals surface area contributed by atoms with Crippen molar-refractivity contribution in [2.45, 2.75) is 0 Å². The van der Waals surface area contributed by atoms with Gasteiger partial charge in [0.25, 0.3) is 0 Å². The van der Waals surface area contributed by atoms with E-state index in [2.05, 4.69) is 16.1 Å². The molecular formula is C16H12N4O4S. The highest BCUT2D eigenvalue weighted by molar-refractivity contribution is 8.13. The molecule has 0 saturated carbocycles. The normalized spacial score (nSPS) is 18.0. The molecule has 3 aliphatic rings. The Bertz CT molecular complexity index is 915. The predicted octanol–water partition coefficient (Wildman–Crippen LogP) is 1.26. The fourth-order valence-corrected chi connectivity index (χ4v) is 3.10. The molecule has 25 heavy (non-hydrogen) atoms. The summed E-state index contributed by atoms with van der Waals surface area (Å²) in [4.78, 5) is 34.5. The Hall–Kier alpha value is -3.12. The third-order valence-corrected chi connectivity index (χ3v) is 4.32. The number of hydrogen-bond acceptors (Lipinski definition) is 9. The molecule has 0 spiro atoms. The fraction of sp³-hybridized carbons (Fsp3) is 0.188. The lowest BCUT2D eigenvalue weighted by molar-refractivity contribution is -0.139. The number of carbonyl (C=O) groups excluding carboxylic acids is 2. The maximum absolute atomic E-state index is 12.3. The van der Waals surface area contributed by atoms with Gasteiger partial charge in [-0.2, -0.15) is 5.26 Å². The molecule has 0 aromatic rings. The highest BCUT2D eigenvalue weighted by Gasteiger charge is 2.40. The second-order valence-corrected chi connectivity index (χ2v) is 5.65. The number of guanidine groups is 1. The molecule has 0 amide bonds. The van der Waals surface area contributed by atoms with Gasteiger partial charge in [-0.3, -0.25) is 4.90 Å². The third kappa shape index (κ3) is 2.47. The van der Waals surface area contributed by atoms with Crippen molar-refractivity contribution in [1.29, 1.82) is 5.26 Å². The van der Waals surface area contributed by atoms with Crippen molar-refractivity contribution < 1.29 is 19.1 Å². The number of ether oxygens (including phenoxy) is 2. The van der Waals surface area contributed by atoms with Crippen LogP contribution in [0.1, 0.15) is 0 Å². The standard InChI is InChI=1S/C16H12N4O4S/c1-23-14(21)11-10-6-4-5-9-8(7-17)13(25-3)19-16(20(9)10)18-12(11)15(22)24-2/h4-6H,1-3H3. The highest BCUT2D eigenvalue weighted by atomic mass is 32.2. The number of aliphatic imine (C=N–C) groups is 2. The molecule has 0 aromatic heterocycles. The Labute approximate surface area is 147 Å². The smallest absolute Gasteiger partial charge is 0.357 e. The van der Waals surface area contributed by atoms with Gasteiger partial charge in [-0.25, -0.2) is 19.6 Å². The summed E-state index contributed by atoms with van der Waals surface area (Å²) in [5.74, 6) is -1.33. The molecule has 3 rings (SSSR count). The van der Waals surface area contributed by atoms with Gasteiger partial charge in [0.15, 0.2) is 5.70 Å². The van der Waals surface area contributed by atoms with Crippen LogP contribution in [0.5, 0.6) is 0 Å². The summed E-state index contributed by atoms with van der Waals surface area (Å²) in [6.45, 7) is 0. The van der Waals surface area contributed by atoms with Crippen LogP contribution in [0.15, 0.2) is 56.5 Å². The molecule has 0 fully saturated rings. The molecule has 0 saturated heterocycles. The Balaban J connectivity index is 2.32. The number of rotatable bonds is 2. The number of esters is 2. The minimum atomic E-state index is -0.777. The zero-order chi connectivity index (χ0) is 18.1. The summed E-state index contributed by atoms with van der Waals surface area (Å²) in [7, 11) is 2.41. The third-order valence-electron chi connectivity index (χ3n) is 3.64. The Kier molecular flexibility index (Phi) is 4.29. The zero-order valence-corrected chi connectivity index (χ0v) is 14.4. The van der Waals surface area contributed by atoms with E-state index < -0.39 is 11.9 Å². The summed E-state index contributed by atoms with van der Waals surface area (Å²) in [6.07, 6.45) is 6.82. The van der Waals surface area contributed by atoms with E-state index in [4.69, 9.17) is 9.47 Å². The molecule has 0 unspecified atom stereocenters. The second kappa shape index (κ2) is 6.41. The van der Waals surface area contributed by atoms with Gasteiger partial charge >= 0.3 is 11.9 Å². The van der Waals surface area contributed by atoms with E-state index in [-0.39, 0.29) is 17.2 Å². The van der Waals surface area contributed by atoms with Gasteiger partial charge in [-0.05, 0) is 18.4 Å². The first-order valence-electron chi connectivity index (χ1n) is 7.03. The van der Waals surface area contributed by atoms with Crippen molar-refractivity contribution in [3.63, 3.8) is 0 Å². The minimum Gasteiger partial charge on any atom is -0.465 e. The van der Waals surface area contributed by atoms with E-state index in [9.17, 15) is 14.9 Å². The summed E-state index contributed by atoms with van der Waals surface area (Å²) in [5, 5.41) is 9.97. The maximum atomic E-state index is 12.3. The number of carbonyl (C=O) groups is 2. The van der Waals surface area contributed by atoms with Gasteiger partial charge in [-0.15, -0.1) is 11.8 Å². The van der Waals surface area contributed by atoms with Crippen molar-refractivity contribution in [3.05, 3.63) is 46.5 Å². The summed E-state index contributed by atoms with van der Waals surface area (Å²) in [5.41, 5.74) is 1.01. The molecule has 126 valence electrons. The average Bonchev–Trinajstić information content (AvgIpc) is 2.66. The van der Waals surface area contributed by atoms with E-state index in [0.717, 1.165) is 0 Å². The lowest BCUT2D eigenvalue weighted by atomic mass is 10.0. The van der Waals surface area contributed by atoms with Gasteiger partial charge in [0.05, 0.1) is 25.6 Å². The lowest BCUT2D eigenvalue weighted by Crippen LogP contribution is -2.40. The van der Waals surface area contributed by atoms with Gasteiger partial charge in [-0.1, -0.05) is 6.08 Å². The molecule has 9 heteroatoms. The molecule has 3 aliphatic heterocycles. The van der Waals surface area contributed by atoms with Gasteiger partial charge in [0.1, 0.15) is 22.3 Å². The molecule has 3 heterocycles. The Morgan fingerprint density at radius 3 is 2.56 bits per heavy atom. The Morgan fingerprint density at radius 1 is 1.24 bits per heavy atom. The molecular weight excluding hydrogens is 344 g/mol. The molecule has 0 N–H and O–H groups in total. The molecule has 0 aliphatic carbocycles. The number of allylic oxidation sites excluding steroid dienone is 3. The minimum absolute atomic E-state index is 0.0416. The van der Waals surface area contributed by atoms with E-state index in [1.165, 1.54) is 26.0 Å². The molecule has 0 radical (unpaired) electrons. The molecule has 0 aromatic carbocycles. The topological polar surface area (TPSA) is 104 Å². The van der Waals surface area contributed by atoms with E-state index >= 15 is 0 Å². The van der Waals surface area contributed by atoms with Crippen LogP contribution in [0, 0.1) is 11.3 Å². The van der Waals surface area contributed by atoms with Crippen molar-refractivity contribution >= 4 is 34.7 Å². The van der Waals surface area contributed by atoms with Crippen LogP contribution in [0.2, 0.25) is 0 Å². The lowest BCUT2D eigenvalue weighted by Gasteiger charge is -2.36. The van der Waals surface area contributed by atoms with E-state index in [1.807, 2.05) is 0 Å². The first-order chi connectivity index (χ1) is 12.1. The van der Waals surface area contributed by atoms with Crippen LogP contribution in [-0.4, -0.2) is 48.3 Å². The monoisotopic (exact) mass is 356 g/mol. The van der Waals surface area contributed by atoms with Crippen LogP contribution < -0.4 is 0 Å². The highest BCUT2D eigenvalue weighted by Crippen LogP contribution is 2.38. The first-order valence-corrected chi connectivity index (χ1v) is 8.25. The zero-order valence-electron chi connectivity index (χ0n) is 13.6. The second-order valence-electron chi connectivity index (χ2n) is 4.86. The van der Waals surface area contributed by atoms with Crippen LogP contribution in [0.3, 0.4) is 0 Å². The first kappa shape index (κ1) is 16.7. The molecule has 0 bridgehead atoms. The van der Waals surface area contributed by atoms with Crippen LogP contribution in [-0.2, 0) is 19.1 Å². The average molecular weight is 356 g/mol. The Morgan fingerprint density at radius 2 is 1.96 bits per heavy atom. The number of nitrogens with zero attached hydrogens (tertiary/aromatic N) is 4.